The van der Waals surface area contributed by atoms with E-state index in [1.165, 1.54) is 4.68 Å². The Labute approximate surface area is 99.2 Å². The van der Waals surface area contributed by atoms with Crippen LogP contribution < -0.4 is 11.1 Å². The van der Waals surface area contributed by atoms with Crippen LogP contribution in [0, 0.1) is 0 Å². The van der Waals surface area contributed by atoms with Gasteiger partial charge >= 0.3 is 0 Å². The fraction of sp³-hybridized carbons (Fsp3) is 0.600. The Morgan fingerprint density at radius 1 is 1.59 bits per heavy atom. The molecule has 0 aliphatic carbocycles. The first kappa shape index (κ1) is 13.5. The lowest BCUT2D eigenvalue weighted by atomic mass is 9.98. The minimum Gasteiger partial charge on any atom is -0.394 e. The van der Waals surface area contributed by atoms with Crippen LogP contribution in [0.25, 0.3) is 0 Å². The van der Waals surface area contributed by atoms with Gasteiger partial charge in [0.05, 0.1) is 18.8 Å². The number of carbonyl (C=O) groups is 1. The molecule has 7 heteroatoms. The zero-order valence-corrected chi connectivity index (χ0v) is 9.76. The van der Waals surface area contributed by atoms with Crippen LogP contribution in [0.3, 0.4) is 0 Å². The van der Waals surface area contributed by atoms with Crippen molar-refractivity contribution < 1.29 is 15.0 Å². The second-order valence-corrected chi connectivity index (χ2v) is 3.94. The highest BCUT2D eigenvalue weighted by atomic mass is 16.3. The van der Waals surface area contributed by atoms with Gasteiger partial charge in [-0.2, -0.15) is 5.10 Å². The molecule has 1 aromatic heterocycles. The SMILES string of the molecule is CCC(CO)(CO)NC(=O)Cn1ccc(N)n1. The number of hydrogen-bond donors (Lipinski definition) is 4. The van der Waals surface area contributed by atoms with Crippen LogP contribution in [0.2, 0.25) is 0 Å². The molecule has 0 aromatic carbocycles. The molecule has 0 spiro atoms. The molecule has 0 aliphatic rings. The zero-order valence-electron chi connectivity index (χ0n) is 9.76. The van der Waals surface area contributed by atoms with Gasteiger partial charge in [-0.1, -0.05) is 6.92 Å². The number of nitrogens with two attached hydrogens (primary N) is 1. The molecule has 96 valence electrons. The molecule has 0 saturated carbocycles. The topological polar surface area (TPSA) is 113 Å². The Balaban J connectivity index is 2.59. The Kier molecular flexibility index (Phi) is 4.47. The first-order valence-corrected chi connectivity index (χ1v) is 5.37. The summed E-state index contributed by atoms with van der Waals surface area (Å²) >= 11 is 0. The van der Waals surface area contributed by atoms with Crippen molar-refractivity contribution in [2.24, 2.45) is 0 Å². The van der Waals surface area contributed by atoms with Crippen LogP contribution in [0.4, 0.5) is 5.82 Å². The number of amides is 1. The summed E-state index contributed by atoms with van der Waals surface area (Å²) in [7, 11) is 0. The quantitative estimate of drug-likeness (QED) is 0.496. The van der Waals surface area contributed by atoms with Gasteiger partial charge in [0.25, 0.3) is 0 Å². The maximum atomic E-state index is 11.7. The fourth-order valence-electron chi connectivity index (χ4n) is 1.39. The third-order valence-electron chi connectivity index (χ3n) is 2.65. The van der Waals surface area contributed by atoms with Crippen molar-refractivity contribution in [2.75, 3.05) is 18.9 Å². The standard InChI is InChI=1S/C10H18N4O3/c1-2-10(6-15,7-16)12-9(17)5-14-4-3-8(11)13-14/h3-4,15-16H,2,5-7H2,1H3,(H2,11,13)(H,12,17). The summed E-state index contributed by atoms with van der Waals surface area (Å²) in [4.78, 5) is 11.7. The molecule has 7 nitrogen and oxygen atoms in total. The van der Waals surface area contributed by atoms with Crippen molar-refractivity contribution in [1.29, 1.82) is 0 Å². The lowest BCUT2D eigenvalue weighted by molar-refractivity contribution is -0.125. The molecule has 0 bridgehead atoms. The van der Waals surface area contributed by atoms with Crippen molar-refractivity contribution in [2.45, 2.75) is 25.4 Å². The van der Waals surface area contributed by atoms with Gasteiger partial charge in [-0.3, -0.25) is 9.48 Å². The van der Waals surface area contributed by atoms with Gasteiger partial charge in [0.15, 0.2) is 0 Å². The van der Waals surface area contributed by atoms with Gasteiger partial charge in [-0.05, 0) is 12.5 Å². The van der Waals surface area contributed by atoms with E-state index in [-0.39, 0.29) is 25.7 Å². The van der Waals surface area contributed by atoms with E-state index in [1.807, 2.05) is 0 Å². The molecule has 1 heterocycles. The molecule has 1 aromatic rings. The van der Waals surface area contributed by atoms with E-state index in [1.54, 1.807) is 19.2 Å². The average molecular weight is 242 g/mol. The van der Waals surface area contributed by atoms with Crippen LogP contribution >= 0.6 is 0 Å². The largest absolute Gasteiger partial charge is 0.394 e. The minimum atomic E-state index is -0.976. The van der Waals surface area contributed by atoms with Gasteiger partial charge < -0.3 is 21.3 Å². The van der Waals surface area contributed by atoms with Crippen molar-refractivity contribution in [3.8, 4) is 0 Å². The number of nitrogens with zero attached hydrogens (tertiary/aromatic N) is 2. The van der Waals surface area contributed by atoms with Crippen molar-refractivity contribution >= 4 is 11.7 Å². The van der Waals surface area contributed by atoms with E-state index in [4.69, 9.17) is 5.73 Å². The maximum absolute atomic E-state index is 11.7. The first-order valence-electron chi connectivity index (χ1n) is 5.37. The van der Waals surface area contributed by atoms with Gasteiger partial charge in [-0.25, -0.2) is 0 Å². The number of carbonyl (C=O) groups excluding carboxylic acids is 1. The number of rotatable bonds is 6. The molecule has 17 heavy (non-hydrogen) atoms. The Morgan fingerprint density at radius 3 is 2.65 bits per heavy atom. The normalized spacial score (nSPS) is 11.5. The number of aliphatic hydroxyl groups excluding tert-OH is 2. The highest BCUT2D eigenvalue weighted by molar-refractivity contribution is 5.76. The Bertz CT molecular complexity index is 365. The zero-order chi connectivity index (χ0) is 12.9. The predicted molar refractivity (Wildman–Crippen MR) is 62.0 cm³/mol. The van der Waals surface area contributed by atoms with Crippen LogP contribution in [0.5, 0.6) is 0 Å². The van der Waals surface area contributed by atoms with Crippen molar-refractivity contribution in [1.82, 2.24) is 15.1 Å². The van der Waals surface area contributed by atoms with E-state index < -0.39 is 5.54 Å². The third-order valence-corrected chi connectivity index (χ3v) is 2.65. The molecular weight excluding hydrogens is 224 g/mol. The molecule has 1 rings (SSSR count). The Hall–Kier alpha value is -1.60. The monoisotopic (exact) mass is 242 g/mol. The maximum Gasteiger partial charge on any atom is 0.242 e. The Morgan fingerprint density at radius 2 is 2.24 bits per heavy atom. The van der Waals surface area contributed by atoms with Crippen molar-refractivity contribution in [3.05, 3.63) is 12.3 Å². The average Bonchev–Trinajstić information content (AvgIpc) is 2.72. The summed E-state index contributed by atoms with van der Waals surface area (Å²) in [6.07, 6.45) is 2.02. The molecule has 1 amide bonds. The molecule has 0 radical (unpaired) electrons. The molecule has 0 fully saturated rings. The first-order chi connectivity index (χ1) is 8.05. The number of nitrogen functional groups attached to an aromatic ring is 1. The number of aliphatic hydroxyl groups is 2. The predicted octanol–water partition coefficient (Wildman–Crippen LogP) is -1.29. The second kappa shape index (κ2) is 5.65. The second-order valence-electron chi connectivity index (χ2n) is 3.94. The van der Waals surface area contributed by atoms with Gasteiger partial charge in [-0.15, -0.1) is 0 Å². The smallest absolute Gasteiger partial charge is 0.242 e. The molecule has 0 saturated heterocycles. The summed E-state index contributed by atoms with van der Waals surface area (Å²) in [5.74, 6) is 0.00178. The van der Waals surface area contributed by atoms with E-state index in [0.29, 0.717) is 12.2 Å². The van der Waals surface area contributed by atoms with Crippen LogP contribution in [-0.4, -0.2) is 44.7 Å². The van der Waals surface area contributed by atoms with Crippen LogP contribution in [0.15, 0.2) is 12.3 Å². The van der Waals surface area contributed by atoms with Gasteiger partial charge in [0.2, 0.25) is 5.91 Å². The summed E-state index contributed by atoms with van der Waals surface area (Å²) < 4.78 is 1.39. The third kappa shape index (κ3) is 3.43. The number of hydrogen-bond acceptors (Lipinski definition) is 5. The summed E-state index contributed by atoms with van der Waals surface area (Å²) in [6.45, 7) is 1.15. The van der Waals surface area contributed by atoms with Crippen LogP contribution in [0.1, 0.15) is 13.3 Å². The van der Waals surface area contributed by atoms with Crippen molar-refractivity contribution in [3.63, 3.8) is 0 Å². The molecular formula is C10H18N4O3. The summed E-state index contributed by atoms with van der Waals surface area (Å²) in [5, 5.41) is 24.8. The van der Waals surface area contributed by atoms with Gasteiger partial charge in [0.1, 0.15) is 12.4 Å². The number of aromatic nitrogens is 2. The lowest BCUT2D eigenvalue weighted by Gasteiger charge is -2.29. The molecule has 5 N–H and O–H groups in total. The van der Waals surface area contributed by atoms with E-state index in [2.05, 4.69) is 10.4 Å². The van der Waals surface area contributed by atoms with E-state index in [9.17, 15) is 15.0 Å². The minimum absolute atomic E-state index is 0.00104. The number of nitrogens with one attached hydrogen (secondary N) is 1. The molecule has 0 atom stereocenters. The summed E-state index contributed by atoms with van der Waals surface area (Å²) in [6, 6.07) is 1.58. The lowest BCUT2D eigenvalue weighted by Crippen LogP contribution is -2.54. The van der Waals surface area contributed by atoms with E-state index >= 15 is 0 Å². The number of anilines is 1. The highest BCUT2D eigenvalue weighted by Gasteiger charge is 2.28. The molecule has 0 unspecified atom stereocenters. The molecule has 0 aliphatic heterocycles. The van der Waals surface area contributed by atoms with Gasteiger partial charge in [0, 0.05) is 6.20 Å². The fourth-order valence-corrected chi connectivity index (χ4v) is 1.39. The van der Waals surface area contributed by atoms with Crippen LogP contribution in [-0.2, 0) is 11.3 Å². The summed E-state index contributed by atoms with van der Waals surface area (Å²) in [5.41, 5.74) is 4.44. The van der Waals surface area contributed by atoms with E-state index in [0.717, 1.165) is 0 Å². The highest BCUT2D eigenvalue weighted by Crippen LogP contribution is 2.08.